The van der Waals surface area contributed by atoms with Crippen LogP contribution in [0.2, 0.25) is 5.02 Å². The Balaban J connectivity index is 2.48. The van der Waals surface area contributed by atoms with Gasteiger partial charge in [0.05, 0.1) is 5.69 Å². The van der Waals surface area contributed by atoms with E-state index in [-0.39, 0.29) is 18.7 Å². The van der Waals surface area contributed by atoms with Gasteiger partial charge in [-0.2, -0.15) is 0 Å². The number of carboxylic acids is 1. The Morgan fingerprint density at radius 3 is 2.65 bits per heavy atom. The van der Waals surface area contributed by atoms with Crippen LogP contribution in [0.3, 0.4) is 0 Å². The number of carboxylic acid groups (broad SMARTS) is 1. The molecular weight excluding hydrogens is 356 g/mol. The Labute approximate surface area is 117 Å². The van der Waals surface area contributed by atoms with E-state index in [9.17, 15) is 9.59 Å². The molecule has 0 unspecified atom stereocenters. The molecule has 2 N–H and O–H groups in total. The molecule has 0 spiro atoms. The molecule has 0 aliphatic carbocycles. The summed E-state index contributed by atoms with van der Waals surface area (Å²) in [7, 11) is 0. The third-order valence-electron chi connectivity index (χ3n) is 2.00. The molecule has 0 saturated heterocycles. The Morgan fingerprint density at radius 2 is 2.06 bits per heavy atom. The van der Waals surface area contributed by atoms with Gasteiger partial charge in [-0.15, -0.1) is 0 Å². The quantitative estimate of drug-likeness (QED) is 0.786. The number of hydrogen-bond acceptors (Lipinski definition) is 2. The van der Waals surface area contributed by atoms with E-state index in [0.717, 1.165) is 3.57 Å². The monoisotopic (exact) mass is 367 g/mol. The van der Waals surface area contributed by atoms with E-state index < -0.39 is 5.97 Å². The maximum Gasteiger partial charge on any atom is 0.303 e. The first-order valence-electron chi connectivity index (χ1n) is 4.95. The van der Waals surface area contributed by atoms with Crippen LogP contribution in [0, 0.1) is 3.57 Å². The van der Waals surface area contributed by atoms with Gasteiger partial charge in [0.1, 0.15) is 0 Å². The van der Waals surface area contributed by atoms with Crippen LogP contribution >= 0.6 is 34.2 Å². The van der Waals surface area contributed by atoms with Crippen LogP contribution in [0.1, 0.15) is 19.3 Å². The molecule has 1 aromatic carbocycles. The lowest BCUT2D eigenvalue weighted by Gasteiger charge is -2.07. The predicted octanol–water partition coefficient (Wildman–Crippen LogP) is 3.14. The predicted molar refractivity (Wildman–Crippen MR) is 74.3 cm³/mol. The number of hydrogen-bond donors (Lipinski definition) is 2. The fraction of sp³-hybridized carbons (Fsp3) is 0.273. The van der Waals surface area contributed by atoms with E-state index in [1.165, 1.54) is 0 Å². The van der Waals surface area contributed by atoms with Crippen molar-refractivity contribution in [3.05, 3.63) is 26.8 Å². The third-order valence-corrected chi connectivity index (χ3v) is 3.13. The molecule has 6 heteroatoms. The number of amides is 1. The number of benzene rings is 1. The molecule has 0 bridgehead atoms. The second-order valence-electron chi connectivity index (χ2n) is 3.42. The van der Waals surface area contributed by atoms with Crippen molar-refractivity contribution in [1.29, 1.82) is 0 Å². The second kappa shape index (κ2) is 6.80. The summed E-state index contributed by atoms with van der Waals surface area (Å²) in [6, 6.07) is 5.16. The summed E-state index contributed by atoms with van der Waals surface area (Å²) in [5, 5.41) is 11.8. The van der Waals surface area contributed by atoms with Crippen molar-refractivity contribution in [3.8, 4) is 0 Å². The molecular formula is C11H11ClINO3. The molecule has 1 amide bonds. The maximum atomic E-state index is 11.5. The van der Waals surface area contributed by atoms with E-state index in [1.54, 1.807) is 18.2 Å². The molecule has 17 heavy (non-hydrogen) atoms. The van der Waals surface area contributed by atoms with Gasteiger partial charge in [0.2, 0.25) is 5.91 Å². The van der Waals surface area contributed by atoms with Gasteiger partial charge in [-0.1, -0.05) is 11.6 Å². The number of carbonyl (C=O) groups excluding carboxylic acids is 1. The highest BCUT2D eigenvalue weighted by molar-refractivity contribution is 14.1. The first-order chi connectivity index (χ1) is 7.99. The molecule has 1 aromatic rings. The molecule has 0 atom stereocenters. The highest BCUT2D eigenvalue weighted by Crippen LogP contribution is 2.22. The van der Waals surface area contributed by atoms with Gasteiger partial charge in [-0.25, -0.2) is 0 Å². The summed E-state index contributed by atoms with van der Waals surface area (Å²) in [5.41, 5.74) is 0.690. The lowest BCUT2D eigenvalue weighted by Crippen LogP contribution is -2.12. The number of nitrogens with one attached hydrogen (secondary N) is 1. The molecule has 4 nitrogen and oxygen atoms in total. The molecule has 0 aromatic heterocycles. The Bertz CT molecular complexity index is 437. The molecule has 0 saturated carbocycles. The van der Waals surface area contributed by atoms with Gasteiger partial charge >= 0.3 is 5.97 Å². The van der Waals surface area contributed by atoms with Gasteiger partial charge in [-0.05, 0) is 47.2 Å². The van der Waals surface area contributed by atoms with Crippen LogP contribution in [0.4, 0.5) is 5.69 Å². The number of halogens is 2. The third kappa shape index (κ3) is 5.36. The highest BCUT2D eigenvalue weighted by Gasteiger charge is 2.07. The molecule has 92 valence electrons. The molecule has 0 radical (unpaired) electrons. The van der Waals surface area contributed by atoms with Gasteiger partial charge in [0, 0.05) is 21.4 Å². The summed E-state index contributed by atoms with van der Waals surface area (Å²) < 4.78 is 0.849. The first kappa shape index (κ1) is 14.2. The zero-order chi connectivity index (χ0) is 12.8. The van der Waals surface area contributed by atoms with Crippen molar-refractivity contribution in [3.63, 3.8) is 0 Å². The topological polar surface area (TPSA) is 66.4 Å². The normalized spacial score (nSPS) is 10.0. The second-order valence-corrected chi connectivity index (χ2v) is 5.02. The minimum atomic E-state index is -0.890. The Morgan fingerprint density at radius 1 is 1.35 bits per heavy atom. The average Bonchev–Trinajstić information content (AvgIpc) is 2.21. The van der Waals surface area contributed by atoms with Gasteiger partial charge in [-0.3, -0.25) is 9.59 Å². The summed E-state index contributed by atoms with van der Waals surface area (Å²) in [6.45, 7) is 0. The van der Waals surface area contributed by atoms with Crippen molar-refractivity contribution < 1.29 is 14.7 Å². The first-order valence-corrected chi connectivity index (χ1v) is 6.41. The van der Waals surface area contributed by atoms with E-state index in [0.29, 0.717) is 17.1 Å². The van der Waals surface area contributed by atoms with Crippen molar-refractivity contribution >= 4 is 51.8 Å². The van der Waals surface area contributed by atoms with Crippen molar-refractivity contribution in [2.24, 2.45) is 0 Å². The fourth-order valence-corrected chi connectivity index (χ4v) is 2.21. The Kier molecular flexibility index (Phi) is 5.70. The summed E-state index contributed by atoms with van der Waals surface area (Å²) in [4.78, 5) is 21.8. The molecule has 1 rings (SSSR count). The molecule has 0 heterocycles. The average molecular weight is 368 g/mol. The summed E-state index contributed by atoms with van der Waals surface area (Å²) >= 11 is 7.86. The Hall–Kier alpha value is -0.820. The van der Waals surface area contributed by atoms with Crippen LogP contribution in [-0.4, -0.2) is 17.0 Å². The van der Waals surface area contributed by atoms with Crippen LogP contribution in [0.15, 0.2) is 18.2 Å². The zero-order valence-electron chi connectivity index (χ0n) is 8.87. The SMILES string of the molecule is O=C(O)CCCC(=O)Nc1ccc(Cl)cc1I. The summed E-state index contributed by atoms with van der Waals surface area (Å²) in [6.07, 6.45) is 0.543. The van der Waals surface area contributed by atoms with Crippen LogP contribution in [0.5, 0.6) is 0 Å². The molecule has 0 fully saturated rings. The van der Waals surface area contributed by atoms with Crippen LogP contribution in [0.25, 0.3) is 0 Å². The number of rotatable bonds is 5. The molecule has 0 aliphatic rings. The van der Waals surface area contributed by atoms with E-state index in [2.05, 4.69) is 27.9 Å². The highest BCUT2D eigenvalue weighted by atomic mass is 127. The largest absolute Gasteiger partial charge is 0.481 e. The minimum Gasteiger partial charge on any atom is -0.481 e. The van der Waals surface area contributed by atoms with Crippen LogP contribution < -0.4 is 5.32 Å². The number of aliphatic carboxylic acids is 1. The summed E-state index contributed by atoms with van der Waals surface area (Å²) in [5.74, 6) is -1.08. The fourth-order valence-electron chi connectivity index (χ4n) is 1.20. The van der Waals surface area contributed by atoms with Gasteiger partial charge in [0.15, 0.2) is 0 Å². The maximum absolute atomic E-state index is 11.5. The smallest absolute Gasteiger partial charge is 0.303 e. The number of carbonyl (C=O) groups is 2. The molecule has 0 aliphatic heterocycles. The minimum absolute atomic E-state index is 0.00509. The van der Waals surface area contributed by atoms with Crippen LogP contribution in [-0.2, 0) is 9.59 Å². The van der Waals surface area contributed by atoms with Crippen molar-refractivity contribution in [2.75, 3.05) is 5.32 Å². The zero-order valence-corrected chi connectivity index (χ0v) is 11.8. The lowest BCUT2D eigenvalue weighted by molar-refractivity contribution is -0.137. The van der Waals surface area contributed by atoms with Gasteiger partial charge < -0.3 is 10.4 Å². The van der Waals surface area contributed by atoms with E-state index in [1.807, 2.05) is 0 Å². The number of anilines is 1. The lowest BCUT2D eigenvalue weighted by atomic mass is 10.2. The van der Waals surface area contributed by atoms with Crippen molar-refractivity contribution in [1.82, 2.24) is 0 Å². The van der Waals surface area contributed by atoms with E-state index in [4.69, 9.17) is 16.7 Å². The van der Waals surface area contributed by atoms with Gasteiger partial charge in [0.25, 0.3) is 0 Å². The van der Waals surface area contributed by atoms with Crippen molar-refractivity contribution in [2.45, 2.75) is 19.3 Å². The standard InChI is InChI=1S/C11H11ClINO3/c12-7-4-5-9(8(13)6-7)14-10(15)2-1-3-11(16)17/h4-6H,1-3H2,(H,14,15)(H,16,17). The van der Waals surface area contributed by atoms with E-state index >= 15 is 0 Å².